The Kier molecular flexibility index (Phi) is 4.04. The molecule has 4 nitrogen and oxygen atoms in total. The van der Waals surface area contributed by atoms with Gasteiger partial charge in [0.15, 0.2) is 0 Å². The minimum atomic E-state index is -4.45. The van der Waals surface area contributed by atoms with Gasteiger partial charge in [-0.1, -0.05) is 6.07 Å². The van der Waals surface area contributed by atoms with Crippen molar-refractivity contribution >= 4 is 0 Å². The molecule has 0 atom stereocenters. The van der Waals surface area contributed by atoms with E-state index in [9.17, 15) is 13.2 Å². The van der Waals surface area contributed by atoms with Gasteiger partial charge in [0.25, 0.3) is 0 Å². The van der Waals surface area contributed by atoms with Crippen molar-refractivity contribution in [3.05, 3.63) is 42.0 Å². The number of hydrogen-bond acceptors (Lipinski definition) is 3. The fraction of sp³-hybridized carbons (Fsp3) is 0.429. The number of rotatable bonds is 3. The van der Waals surface area contributed by atoms with E-state index in [0.717, 1.165) is 10.7 Å². The lowest BCUT2D eigenvalue weighted by Crippen LogP contribution is -2.35. The van der Waals surface area contributed by atoms with Crippen molar-refractivity contribution in [3.8, 4) is 5.69 Å². The predicted molar refractivity (Wildman–Crippen MR) is 73.0 cm³/mol. The highest BCUT2D eigenvalue weighted by Gasteiger charge is 2.34. The molecule has 0 unspecified atom stereocenters. The van der Waals surface area contributed by atoms with Gasteiger partial charge in [-0.15, -0.1) is 0 Å². The van der Waals surface area contributed by atoms with Crippen LogP contribution in [0.1, 0.15) is 31.9 Å². The number of nitrogens with one attached hydrogen (secondary N) is 1. The zero-order valence-corrected chi connectivity index (χ0v) is 12.1. The van der Waals surface area contributed by atoms with Crippen molar-refractivity contribution in [2.45, 2.75) is 39.0 Å². The van der Waals surface area contributed by atoms with Crippen molar-refractivity contribution in [1.29, 1.82) is 0 Å². The van der Waals surface area contributed by atoms with E-state index in [2.05, 4.69) is 15.4 Å². The minimum Gasteiger partial charge on any atom is -0.308 e. The molecule has 2 aromatic rings. The Morgan fingerprint density at radius 2 is 1.90 bits per heavy atom. The summed E-state index contributed by atoms with van der Waals surface area (Å²) in [5.74, 6) is 0. The van der Waals surface area contributed by atoms with Crippen LogP contribution in [0.2, 0.25) is 0 Å². The molecule has 2 rings (SSSR count). The lowest BCUT2D eigenvalue weighted by molar-refractivity contribution is -0.137. The Labute approximate surface area is 121 Å². The predicted octanol–water partition coefficient (Wildman–Crippen LogP) is 3.17. The van der Waals surface area contributed by atoms with E-state index >= 15 is 0 Å². The third kappa shape index (κ3) is 4.04. The molecule has 1 N–H and O–H groups in total. The number of benzene rings is 1. The van der Waals surface area contributed by atoms with E-state index in [0.29, 0.717) is 12.1 Å². The summed E-state index contributed by atoms with van der Waals surface area (Å²) >= 11 is 0. The molecule has 0 aliphatic carbocycles. The summed E-state index contributed by atoms with van der Waals surface area (Å²) < 4.78 is 40.8. The fourth-order valence-electron chi connectivity index (χ4n) is 1.82. The molecule has 0 saturated carbocycles. The van der Waals surface area contributed by atoms with Crippen LogP contribution in [0.5, 0.6) is 0 Å². The molecule has 0 aliphatic heterocycles. The summed E-state index contributed by atoms with van der Waals surface area (Å²) in [5.41, 5.74) is -0.343. The monoisotopic (exact) mass is 298 g/mol. The number of aromatic nitrogens is 3. The van der Waals surface area contributed by atoms with Crippen LogP contribution in [0, 0.1) is 0 Å². The van der Waals surface area contributed by atoms with E-state index in [1.807, 2.05) is 20.8 Å². The van der Waals surface area contributed by atoms with Crippen LogP contribution in [0.4, 0.5) is 13.2 Å². The highest BCUT2D eigenvalue weighted by Crippen LogP contribution is 2.34. The molecule has 114 valence electrons. The molecule has 0 radical (unpaired) electrons. The summed E-state index contributed by atoms with van der Waals surface area (Å²) in [6.07, 6.45) is -1.99. The smallest absolute Gasteiger partial charge is 0.308 e. The summed E-state index contributed by atoms with van der Waals surface area (Å²) in [5, 5.41) is 6.93. The molecule has 0 spiro atoms. The quantitative estimate of drug-likeness (QED) is 0.946. The van der Waals surface area contributed by atoms with Crippen LogP contribution < -0.4 is 5.32 Å². The van der Waals surface area contributed by atoms with Crippen LogP contribution >= 0.6 is 0 Å². The zero-order chi connectivity index (χ0) is 15.7. The van der Waals surface area contributed by atoms with Crippen LogP contribution in [-0.4, -0.2) is 20.3 Å². The highest BCUT2D eigenvalue weighted by atomic mass is 19.4. The largest absolute Gasteiger partial charge is 0.418 e. The first kappa shape index (κ1) is 15.5. The van der Waals surface area contributed by atoms with Gasteiger partial charge in [0.05, 0.1) is 11.3 Å². The second-order valence-corrected chi connectivity index (χ2v) is 5.79. The van der Waals surface area contributed by atoms with Crippen LogP contribution in [0.3, 0.4) is 0 Å². The number of alkyl halides is 3. The number of nitrogens with zero attached hydrogens (tertiary/aromatic N) is 3. The first-order valence-corrected chi connectivity index (χ1v) is 6.47. The van der Waals surface area contributed by atoms with Gasteiger partial charge in [0, 0.05) is 12.1 Å². The normalized spacial score (nSPS) is 12.7. The second kappa shape index (κ2) is 5.48. The maximum atomic E-state index is 13.2. The van der Waals surface area contributed by atoms with Crippen LogP contribution in [0.25, 0.3) is 5.69 Å². The van der Waals surface area contributed by atoms with Crippen LogP contribution in [-0.2, 0) is 12.7 Å². The van der Waals surface area contributed by atoms with Gasteiger partial charge in [-0.25, -0.2) is 9.67 Å². The minimum absolute atomic E-state index is 0.0282. The first-order chi connectivity index (χ1) is 9.67. The Morgan fingerprint density at radius 1 is 1.19 bits per heavy atom. The molecule has 0 saturated heterocycles. The summed E-state index contributed by atoms with van der Waals surface area (Å²) in [6.45, 7) is 6.24. The van der Waals surface area contributed by atoms with E-state index in [1.54, 1.807) is 6.07 Å². The van der Waals surface area contributed by atoms with Crippen molar-refractivity contribution in [3.63, 3.8) is 0 Å². The van der Waals surface area contributed by atoms with Crippen molar-refractivity contribution in [2.75, 3.05) is 0 Å². The van der Waals surface area contributed by atoms with Gasteiger partial charge in [-0.2, -0.15) is 18.3 Å². The second-order valence-electron chi connectivity index (χ2n) is 5.79. The number of halogens is 3. The Hall–Kier alpha value is -1.89. The average Bonchev–Trinajstić information content (AvgIpc) is 2.88. The van der Waals surface area contributed by atoms with Crippen LogP contribution in [0.15, 0.2) is 30.9 Å². The Morgan fingerprint density at radius 3 is 2.43 bits per heavy atom. The molecule has 0 bridgehead atoms. The van der Waals surface area contributed by atoms with E-state index < -0.39 is 11.7 Å². The third-order valence-corrected chi connectivity index (χ3v) is 2.85. The van der Waals surface area contributed by atoms with Gasteiger partial charge < -0.3 is 5.32 Å². The molecule has 0 aliphatic rings. The fourth-order valence-corrected chi connectivity index (χ4v) is 1.82. The highest BCUT2D eigenvalue weighted by molar-refractivity contribution is 5.44. The molecule has 0 amide bonds. The maximum Gasteiger partial charge on any atom is 0.418 e. The van der Waals surface area contributed by atoms with Gasteiger partial charge in [-0.05, 0) is 38.5 Å². The van der Waals surface area contributed by atoms with Crippen molar-refractivity contribution in [1.82, 2.24) is 20.1 Å². The topological polar surface area (TPSA) is 42.7 Å². The van der Waals surface area contributed by atoms with Crippen molar-refractivity contribution in [2.24, 2.45) is 0 Å². The van der Waals surface area contributed by atoms with Gasteiger partial charge in [-0.3, -0.25) is 0 Å². The van der Waals surface area contributed by atoms with E-state index in [1.165, 1.54) is 18.7 Å². The lowest BCUT2D eigenvalue weighted by atomic mass is 10.1. The third-order valence-electron chi connectivity index (χ3n) is 2.85. The summed E-state index contributed by atoms with van der Waals surface area (Å²) in [6, 6.07) is 4.22. The SMILES string of the molecule is CC(C)(C)NCc1ccc(-n2cncn2)c(C(F)(F)F)c1. The average molecular weight is 298 g/mol. The summed E-state index contributed by atoms with van der Waals surface area (Å²) in [4.78, 5) is 3.68. The van der Waals surface area contributed by atoms with Gasteiger partial charge in [0.2, 0.25) is 0 Å². The lowest BCUT2D eigenvalue weighted by Gasteiger charge is -2.21. The Balaban J connectivity index is 2.37. The maximum absolute atomic E-state index is 13.2. The Bertz CT molecular complexity index is 598. The van der Waals surface area contributed by atoms with Crippen molar-refractivity contribution < 1.29 is 13.2 Å². The number of hydrogen-bond donors (Lipinski definition) is 1. The summed E-state index contributed by atoms with van der Waals surface area (Å²) in [7, 11) is 0. The van der Waals surface area contributed by atoms with E-state index in [4.69, 9.17) is 0 Å². The zero-order valence-electron chi connectivity index (χ0n) is 12.1. The molecular formula is C14H17F3N4. The molecule has 1 aromatic carbocycles. The van der Waals surface area contributed by atoms with Gasteiger partial charge in [0.1, 0.15) is 12.7 Å². The van der Waals surface area contributed by atoms with E-state index in [-0.39, 0.29) is 11.2 Å². The van der Waals surface area contributed by atoms with Gasteiger partial charge >= 0.3 is 6.18 Å². The molecular weight excluding hydrogens is 281 g/mol. The molecule has 21 heavy (non-hydrogen) atoms. The standard InChI is InChI=1S/C14H17F3N4/c1-13(2,3)19-7-10-4-5-12(21-9-18-8-20-21)11(6-10)14(15,16)17/h4-6,8-9,19H,7H2,1-3H3. The molecule has 0 fully saturated rings. The molecule has 1 aromatic heterocycles. The molecule has 1 heterocycles. The first-order valence-electron chi connectivity index (χ1n) is 6.47. The molecule has 7 heteroatoms.